The molecule has 0 aliphatic carbocycles. The Morgan fingerprint density at radius 2 is 1.72 bits per heavy atom. The van der Waals surface area contributed by atoms with Gasteiger partial charge in [0.15, 0.2) is 0 Å². The molecule has 4 nitrogen and oxygen atoms in total. The molecule has 0 saturated heterocycles. The van der Waals surface area contributed by atoms with Crippen LogP contribution < -0.4 is 10.5 Å². The fourth-order valence-electron chi connectivity index (χ4n) is 2.59. The summed E-state index contributed by atoms with van der Waals surface area (Å²) in [6.45, 7) is 2.46. The molecule has 0 radical (unpaired) electrons. The molecule has 4 N–H and O–H groups in total. The van der Waals surface area contributed by atoms with E-state index in [0.717, 1.165) is 41.9 Å². The van der Waals surface area contributed by atoms with Crippen molar-refractivity contribution >= 4 is 0 Å². The molecule has 2 aromatic carbocycles. The first-order valence-corrected chi connectivity index (χ1v) is 8.93. The summed E-state index contributed by atoms with van der Waals surface area (Å²) in [5.41, 5.74) is 8.42. The third-order valence-corrected chi connectivity index (χ3v) is 4.42. The fourth-order valence-corrected chi connectivity index (χ4v) is 2.59. The summed E-state index contributed by atoms with van der Waals surface area (Å²) in [6.07, 6.45) is 3.44. The molecule has 0 aliphatic rings. The number of aliphatic hydroxyl groups excluding tert-OH is 2. The molecule has 0 bridgehead atoms. The number of nitrogens with two attached hydrogens (primary N) is 1. The van der Waals surface area contributed by atoms with Gasteiger partial charge in [0.2, 0.25) is 0 Å². The number of hydrogen-bond donors (Lipinski definition) is 3. The second-order valence-electron chi connectivity index (χ2n) is 6.61. The van der Waals surface area contributed by atoms with Crippen LogP contribution in [0.1, 0.15) is 31.7 Å². The highest BCUT2D eigenvalue weighted by atomic mass is 16.5. The molecule has 0 heterocycles. The Kier molecular flexibility index (Phi) is 7.44. The molecule has 0 fully saturated rings. The minimum absolute atomic E-state index is 0.220. The average molecular weight is 343 g/mol. The van der Waals surface area contributed by atoms with Crippen LogP contribution >= 0.6 is 0 Å². The van der Waals surface area contributed by atoms with Gasteiger partial charge in [-0.2, -0.15) is 0 Å². The summed E-state index contributed by atoms with van der Waals surface area (Å²) in [6, 6.07) is 16.4. The van der Waals surface area contributed by atoms with Gasteiger partial charge in [0.25, 0.3) is 0 Å². The smallest absolute Gasteiger partial charge is 0.119 e. The first kappa shape index (κ1) is 19.4. The second kappa shape index (κ2) is 9.56. The second-order valence-corrected chi connectivity index (χ2v) is 6.61. The third-order valence-electron chi connectivity index (χ3n) is 4.42. The molecule has 0 atom stereocenters. The summed E-state index contributed by atoms with van der Waals surface area (Å²) in [4.78, 5) is 0. The first-order valence-electron chi connectivity index (χ1n) is 8.93. The molecule has 0 unspecified atom stereocenters. The molecule has 0 aliphatic heterocycles. The standard InChI is InChI=1S/C21H29NO3/c1-2-3-13-25-20-9-7-18(8-10-20)19-6-4-5-17(14-19)11-12-21(22,15-23)16-24/h4-10,14,23-24H,2-3,11-13,15-16,22H2,1H3. The molecule has 2 aromatic rings. The molecule has 4 heteroatoms. The van der Waals surface area contributed by atoms with E-state index in [1.165, 1.54) is 0 Å². The van der Waals surface area contributed by atoms with Crippen molar-refractivity contribution in [3.05, 3.63) is 54.1 Å². The van der Waals surface area contributed by atoms with E-state index < -0.39 is 5.54 Å². The molecular weight excluding hydrogens is 314 g/mol. The Hall–Kier alpha value is -1.88. The zero-order chi connectivity index (χ0) is 18.1. The van der Waals surface area contributed by atoms with Gasteiger partial charge in [-0.1, -0.05) is 49.7 Å². The van der Waals surface area contributed by atoms with E-state index in [1.54, 1.807) is 0 Å². The Morgan fingerprint density at radius 3 is 2.36 bits per heavy atom. The average Bonchev–Trinajstić information content (AvgIpc) is 2.67. The van der Waals surface area contributed by atoms with Crippen LogP contribution in [0.25, 0.3) is 11.1 Å². The van der Waals surface area contributed by atoms with Crippen LogP contribution in [0, 0.1) is 0 Å². The highest BCUT2D eigenvalue weighted by Gasteiger charge is 2.22. The van der Waals surface area contributed by atoms with Crippen molar-refractivity contribution < 1.29 is 14.9 Å². The number of ether oxygens (including phenoxy) is 1. The van der Waals surface area contributed by atoms with Gasteiger partial charge in [-0.3, -0.25) is 0 Å². The molecule has 0 saturated carbocycles. The van der Waals surface area contributed by atoms with Gasteiger partial charge in [-0.15, -0.1) is 0 Å². The number of benzene rings is 2. The number of hydrogen-bond acceptors (Lipinski definition) is 4. The lowest BCUT2D eigenvalue weighted by Crippen LogP contribution is -2.47. The van der Waals surface area contributed by atoms with Crippen LogP contribution in [0.2, 0.25) is 0 Å². The third kappa shape index (κ3) is 5.85. The van der Waals surface area contributed by atoms with Crippen molar-refractivity contribution in [2.45, 2.75) is 38.1 Å². The lowest BCUT2D eigenvalue weighted by Gasteiger charge is -2.24. The van der Waals surface area contributed by atoms with Gasteiger partial charge in [-0.25, -0.2) is 0 Å². The predicted octanol–water partition coefficient (Wildman–Crippen LogP) is 3.15. The highest BCUT2D eigenvalue weighted by molar-refractivity contribution is 5.64. The Morgan fingerprint density at radius 1 is 1.00 bits per heavy atom. The summed E-state index contributed by atoms with van der Waals surface area (Å²) in [7, 11) is 0. The van der Waals surface area contributed by atoms with Gasteiger partial charge in [0.05, 0.1) is 25.4 Å². The molecule has 0 amide bonds. The summed E-state index contributed by atoms with van der Waals surface area (Å²) in [5, 5.41) is 18.6. The Labute approximate surface area is 150 Å². The van der Waals surface area contributed by atoms with Crippen LogP contribution in [-0.2, 0) is 6.42 Å². The number of aliphatic hydroxyl groups is 2. The molecule has 0 spiro atoms. The van der Waals surface area contributed by atoms with Gasteiger partial charge in [-0.05, 0) is 48.1 Å². The summed E-state index contributed by atoms with van der Waals surface area (Å²) < 4.78 is 5.70. The SMILES string of the molecule is CCCCOc1ccc(-c2cccc(CCC(N)(CO)CO)c2)cc1. The predicted molar refractivity (Wildman–Crippen MR) is 102 cm³/mol. The van der Waals surface area contributed by atoms with Crippen molar-refractivity contribution in [2.75, 3.05) is 19.8 Å². The maximum absolute atomic E-state index is 9.30. The van der Waals surface area contributed by atoms with Crippen LogP contribution in [0.4, 0.5) is 0 Å². The maximum Gasteiger partial charge on any atom is 0.119 e. The minimum Gasteiger partial charge on any atom is -0.494 e. The Bertz CT molecular complexity index is 636. The summed E-state index contributed by atoms with van der Waals surface area (Å²) >= 11 is 0. The monoisotopic (exact) mass is 343 g/mol. The van der Waals surface area contributed by atoms with E-state index in [2.05, 4.69) is 31.2 Å². The zero-order valence-electron chi connectivity index (χ0n) is 14.9. The van der Waals surface area contributed by atoms with E-state index in [0.29, 0.717) is 12.8 Å². The van der Waals surface area contributed by atoms with E-state index >= 15 is 0 Å². The zero-order valence-corrected chi connectivity index (χ0v) is 14.9. The van der Waals surface area contributed by atoms with Gasteiger partial charge < -0.3 is 20.7 Å². The maximum atomic E-state index is 9.30. The first-order chi connectivity index (χ1) is 12.1. The number of rotatable bonds is 10. The van der Waals surface area contributed by atoms with Crippen LogP contribution in [0.15, 0.2) is 48.5 Å². The molecule has 136 valence electrons. The van der Waals surface area contributed by atoms with Crippen molar-refractivity contribution in [3.8, 4) is 16.9 Å². The van der Waals surface area contributed by atoms with Gasteiger partial charge in [0.1, 0.15) is 5.75 Å². The Balaban J connectivity index is 2.03. The van der Waals surface area contributed by atoms with E-state index in [4.69, 9.17) is 10.5 Å². The molecule has 2 rings (SSSR count). The van der Waals surface area contributed by atoms with Gasteiger partial charge >= 0.3 is 0 Å². The fraction of sp³-hybridized carbons (Fsp3) is 0.429. The molecule has 25 heavy (non-hydrogen) atoms. The normalized spacial score (nSPS) is 11.5. The lowest BCUT2D eigenvalue weighted by atomic mass is 9.93. The quantitative estimate of drug-likeness (QED) is 0.579. The van der Waals surface area contributed by atoms with Crippen LogP contribution in [0.3, 0.4) is 0 Å². The van der Waals surface area contributed by atoms with E-state index in [1.807, 2.05) is 24.3 Å². The number of unbranched alkanes of at least 4 members (excludes halogenated alkanes) is 1. The van der Waals surface area contributed by atoms with Crippen LogP contribution in [-0.4, -0.2) is 35.6 Å². The topological polar surface area (TPSA) is 75.7 Å². The van der Waals surface area contributed by atoms with E-state index in [-0.39, 0.29) is 13.2 Å². The van der Waals surface area contributed by atoms with E-state index in [9.17, 15) is 10.2 Å². The number of aryl methyl sites for hydroxylation is 1. The van der Waals surface area contributed by atoms with Crippen molar-refractivity contribution in [1.29, 1.82) is 0 Å². The van der Waals surface area contributed by atoms with Crippen molar-refractivity contribution in [2.24, 2.45) is 5.73 Å². The molecule has 0 aromatic heterocycles. The largest absolute Gasteiger partial charge is 0.494 e. The minimum atomic E-state index is -0.923. The highest BCUT2D eigenvalue weighted by Crippen LogP contribution is 2.24. The van der Waals surface area contributed by atoms with Gasteiger partial charge in [0, 0.05) is 0 Å². The van der Waals surface area contributed by atoms with Crippen molar-refractivity contribution in [1.82, 2.24) is 0 Å². The lowest BCUT2D eigenvalue weighted by molar-refractivity contribution is 0.115. The van der Waals surface area contributed by atoms with Crippen molar-refractivity contribution in [3.63, 3.8) is 0 Å². The van der Waals surface area contributed by atoms with Crippen LogP contribution in [0.5, 0.6) is 5.75 Å². The summed E-state index contributed by atoms with van der Waals surface area (Å²) in [5.74, 6) is 0.896. The molecular formula is C21H29NO3.